The smallest absolute Gasteiger partial charge is 0.240 e. The number of hydrazine groups is 1. The first-order valence-corrected chi connectivity index (χ1v) is 14.6. The third-order valence-electron chi connectivity index (χ3n) is 9.11. The zero-order chi connectivity index (χ0) is 26.8. The number of hydrogen-bond acceptors (Lipinski definition) is 8. The number of fused-ring (bicyclic) bond motifs is 3. The van der Waals surface area contributed by atoms with E-state index in [2.05, 4.69) is 26.2 Å². The third-order valence-corrected chi connectivity index (χ3v) is 10.7. The summed E-state index contributed by atoms with van der Waals surface area (Å²) in [5, 5.41) is 6.64. The van der Waals surface area contributed by atoms with E-state index in [0.717, 1.165) is 48.4 Å². The van der Waals surface area contributed by atoms with Gasteiger partial charge in [-0.1, -0.05) is 0 Å². The highest BCUT2D eigenvalue weighted by Crippen LogP contribution is 2.65. The number of carbonyl (C=O) groups excluding carboxylic acids is 1. The zero-order valence-corrected chi connectivity index (χ0v) is 22.9. The van der Waals surface area contributed by atoms with Gasteiger partial charge in [-0.05, 0) is 86.9 Å². The van der Waals surface area contributed by atoms with Gasteiger partial charge in [-0.15, -0.1) is 0 Å². The van der Waals surface area contributed by atoms with Gasteiger partial charge in [0.05, 0.1) is 36.4 Å². The van der Waals surface area contributed by atoms with Crippen LogP contribution in [0.3, 0.4) is 0 Å². The van der Waals surface area contributed by atoms with Crippen molar-refractivity contribution in [3.05, 3.63) is 41.5 Å². The molecule has 6 rings (SSSR count). The molecule has 2 aromatic carbocycles. The quantitative estimate of drug-likeness (QED) is 0.362. The first-order valence-electron chi connectivity index (χ1n) is 13.1. The molecule has 6 atom stereocenters. The second-order valence-corrected chi connectivity index (χ2v) is 12.8. The van der Waals surface area contributed by atoms with Crippen molar-refractivity contribution in [2.75, 3.05) is 31.9 Å². The van der Waals surface area contributed by atoms with Crippen molar-refractivity contribution in [2.45, 2.75) is 55.1 Å². The first kappa shape index (κ1) is 25.4. The number of hydrogen-bond donors (Lipinski definition) is 5. The van der Waals surface area contributed by atoms with Gasteiger partial charge in [-0.2, -0.15) is 0 Å². The molecule has 1 amide bonds. The lowest BCUT2D eigenvalue weighted by Gasteiger charge is -2.34. The summed E-state index contributed by atoms with van der Waals surface area (Å²) in [6.45, 7) is 1.78. The van der Waals surface area contributed by atoms with E-state index in [4.69, 9.17) is 9.47 Å². The molecule has 1 spiro atoms. The average molecular weight is 542 g/mol. The number of aryl methyl sites for hydroxylation is 1. The van der Waals surface area contributed by atoms with Gasteiger partial charge in [-0.25, -0.2) is 18.6 Å². The molecule has 0 aromatic heterocycles. The molecule has 2 aliphatic carbocycles. The minimum atomic E-state index is -3.59. The van der Waals surface area contributed by atoms with Crippen LogP contribution in [0.4, 0.5) is 11.4 Å². The second-order valence-electron chi connectivity index (χ2n) is 10.9. The van der Waals surface area contributed by atoms with Crippen molar-refractivity contribution in [1.82, 2.24) is 15.6 Å². The van der Waals surface area contributed by atoms with Gasteiger partial charge < -0.3 is 20.1 Å². The Hall–Kier alpha value is -2.86. The number of ether oxygens (including phenoxy) is 2. The fourth-order valence-electron chi connectivity index (χ4n) is 7.03. The fourth-order valence-corrected chi connectivity index (χ4v) is 8.00. The van der Waals surface area contributed by atoms with Gasteiger partial charge in [0.25, 0.3) is 0 Å². The second kappa shape index (κ2) is 9.11. The van der Waals surface area contributed by atoms with Crippen molar-refractivity contribution >= 4 is 27.3 Å². The van der Waals surface area contributed by atoms with Crippen LogP contribution in [0.2, 0.25) is 0 Å². The van der Waals surface area contributed by atoms with Crippen molar-refractivity contribution in [1.29, 1.82) is 0 Å². The Bertz CT molecular complexity index is 1400. The summed E-state index contributed by atoms with van der Waals surface area (Å²) in [4.78, 5) is 13.3. The molecule has 1 saturated heterocycles. The molecular formula is C27H35N5O5S. The van der Waals surface area contributed by atoms with Crippen molar-refractivity contribution in [2.24, 2.45) is 17.8 Å². The van der Waals surface area contributed by atoms with Crippen molar-refractivity contribution in [3.63, 3.8) is 0 Å². The molecule has 11 heteroatoms. The lowest BCUT2D eigenvalue weighted by atomic mass is 9.74. The minimum Gasteiger partial charge on any atom is -0.497 e. The largest absolute Gasteiger partial charge is 0.497 e. The van der Waals surface area contributed by atoms with Gasteiger partial charge in [-0.3, -0.25) is 10.2 Å². The molecule has 3 fully saturated rings. The molecule has 38 heavy (non-hydrogen) atoms. The summed E-state index contributed by atoms with van der Waals surface area (Å²) in [7, 11) is 1.00. The monoisotopic (exact) mass is 541 g/mol. The standard InChI is InChI=1S/C27H35N5O5S/c1-14-9-22(23(37-4)12-24(14)38(34,35)28-2)29-25-17-7-5-15(10-21(17)31-32-25)19-13-27(19)18-11-16(36-3)6-8-20(18)30-26(27)33/h6,8-9,11-12,15,17,19,21,25,28-29,31-32H,5,7,10,13H2,1-4H3,(H,30,33)/t15?,17?,19-,21?,25?,27-/m0/s1. The normalized spacial score (nSPS) is 31.5. The fraction of sp³-hybridized carbons (Fsp3) is 0.519. The average Bonchev–Trinajstić information content (AvgIpc) is 3.47. The molecule has 2 heterocycles. The van der Waals surface area contributed by atoms with Crippen LogP contribution < -0.4 is 35.7 Å². The van der Waals surface area contributed by atoms with Crippen LogP contribution in [-0.2, 0) is 20.2 Å². The SMILES string of the molecule is CNS(=O)(=O)c1cc(OC)c(NC2NNC3CC([C@@H]4C[C@@]45C(=O)Nc4ccc(OC)cc45)CCC32)cc1C. The molecule has 0 radical (unpaired) electrons. The van der Waals surface area contributed by atoms with Crippen LogP contribution in [-0.4, -0.2) is 47.8 Å². The van der Waals surface area contributed by atoms with E-state index in [1.807, 2.05) is 24.3 Å². The summed E-state index contributed by atoms with van der Waals surface area (Å²) in [6.07, 6.45) is 3.91. The Kier molecular flexibility index (Phi) is 6.10. The molecule has 10 nitrogen and oxygen atoms in total. The summed E-state index contributed by atoms with van der Waals surface area (Å²) >= 11 is 0. The lowest BCUT2D eigenvalue weighted by Crippen LogP contribution is -2.39. The highest BCUT2D eigenvalue weighted by molar-refractivity contribution is 7.89. The Morgan fingerprint density at radius 2 is 1.89 bits per heavy atom. The number of benzene rings is 2. The van der Waals surface area contributed by atoms with Gasteiger partial charge in [0.2, 0.25) is 15.9 Å². The van der Waals surface area contributed by atoms with Crippen LogP contribution in [0.1, 0.15) is 36.8 Å². The molecular weight excluding hydrogens is 506 g/mol. The Morgan fingerprint density at radius 3 is 2.63 bits per heavy atom. The molecule has 4 aliphatic rings. The minimum absolute atomic E-state index is 0.0334. The van der Waals surface area contributed by atoms with E-state index in [0.29, 0.717) is 29.1 Å². The molecule has 2 aromatic rings. The summed E-state index contributed by atoms with van der Waals surface area (Å²) < 4.78 is 38.2. The van der Waals surface area contributed by atoms with Gasteiger partial charge >= 0.3 is 0 Å². The van der Waals surface area contributed by atoms with E-state index in [-0.39, 0.29) is 23.0 Å². The van der Waals surface area contributed by atoms with Gasteiger partial charge in [0.1, 0.15) is 11.5 Å². The molecule has 5 N–H and O–H groups in total. The number of rotatable bonds is 7. The maximum atomic E-state index is 13.1. The first-order chi connectivity index (χ1) is 18.2. The third kappa shape index (κ3) is 3.86. The van der Waals surface area contributed by atoms with E-state index >= 15 is 0 Å². The number of carbonyl (C=O) groups is 1. The number of sulfonamides is 1. The summed E-state index contributed by atoms with van der Waals surface area (Å²) in [5.41, 5.74) is 9.85. The molecule has 2 aliphatic heterocycles. The predicted molar refractivity (Wildman–Crippen MR) is 144 cm³/mol. The summed E-state index contributed by atoms with van der Waals surface area (Å²) in [5.74, 6) is 2.51. The number of anilines is 2. The van der Waals surface area contributed by atoms with Crippen molar-refractivity contribution in [3.8, 4) is 11.5 Å². The van der Waals surface area contributed by atoms with Crippen LogP contribution in [0.5, 0.6) is 11.5 Å². The van der Waals surface area contributed by atoms with Crippen LogP contribution in [0.15, 0.2) is 35.2 Å². The molecule has 2 saturated carbocycles. The lowest BCUT2D eigenvalue weighted by molar-refractivity contribution is -0.118. The Labute approximate surface area is 223 Å². The summed E-state index contributed by atoms with van der Waals surface area (Å²) in [6, 6.07) is 9.52. The number of amides is 1. The maximum Gasteiger partial charge on any atom is 0.240 e. The van der Waals surface area contributed by atoms with E-state index < -0.39 is 15.4 Å². The molecule has 204 valence electrons. The number of methoxy groups -OCH3 is 2. The van der Waals surface area contributed by atoms with E-state index in [9.17, 15) is 13.2 Å². The Morgan fingerprint density at radius 1 is 1.08 bits per heavy atom. The predicted octanol–water partition coefficient (Wildman–Crippen LogP) is 2.46. The van der Waals surface area contributed by atoms with E-state index in [1.54, 1.807) is 27.2 Å². The van der Waals surface area contributed by atoms with Gasteiger partial charge in [0, 0.05) is 23.7 Å². The Balaban J connectivity index is 1.16. The molecule has 4 unspecified atom stereocenters. The molecule has 0 bridgehead atoms. The van der Waals surface area contributed by atoms with Crippen LogP contribution in [0, 0.1) is 24.7 Å². The highest BCUT2D eigenvalue weighted by atomic mass is 32.2. The van der Waals surface area contributed by atoms with E-state index in [1.165, 1.54) is 7.05 Å². The maximum absolute atomic E-state index is 13.1. The highest BCUT2D eigenvalue weighted by Gasteiger charge is 2.67. The van der Waals surface area contributed by atoms with Crippen molar-refractivity contribution < 1.29 is 22.7 Å². The van der Waals surface area contributed by atoms with Gasteiger partial charge in [0.15, 0.2) is 0 Å². The van der Waals surface area contributed by atoms with Crippen LogP contribution in [0.25, 0.3) is 0 Å². The topological polar surface area (TPSA) is 130 Å². The van der Waals surface area contributed by atoms with Crippen LogP contribution >= 0.6 is 0 Å². The number of nitrogens with one attached hydrogen (secondary N) is 5. The zero-order valence-electron chi connectivity index (χ0n) is 22.1.